The van der Waals surface area contributed by atoms with Gasteiger partial charge < -0.3 is 19.7 Å². The number of likely N-dealkylation sites (tertiary alicyclic amines) is 1. The van der Waals surface area contributed by atoms with Crippen LogP contribution in [0, 0.1) is 11.8 Å². The van der Waals surface area contributed by atoms with E-state index in [0.29, 0.717) is 19.6 Å². The number of nitrogens with zero attached hydrogens (tertiary/aromatic N) is 1. The molecular formula is C25H26N2O4. The number of benzene rings is 2. The van der Waals surface area contributed by atoms with Crippen molar-refractivity contribution < 1.29 is 19.1 Å². The van der Waals surface area contributed by atoms with E-state index in [1.165, 1.54) is 0 Å². The van der Waals surface area contributed by atoms with Crippen LogP contribution in [0.15, 0.2) is 66.7 Å². The highest BCUT2D eigenvalue weighted by atomic mass is 16.5. The highest BCUT2D eigenvalue weighted by molar-refractivity contribution is 5.93. The molecular weight excluding hydrogens is 392 g/mol. The Morgan fingerprint density at radius 1 is 1.13 bits per heavy atom. The molecule has 2 fully saturated rings. The van der Waals surface area contributed by atoms with Crippen molar-refractivity contribution in [1.29, 1.82) is 0 Å². The first-order valence-corrected chi connectivity index (χ1v) is 10.6. The second-order valence-electron chi connectivity index (χ2n) is 8.78. The van der Waals surface area contributed by atoms with Gasteiger partial charge in [0.15, 0.2) is 0 Å². The Balaban J connectivity index is 1.33. The Hall–Kier alpha value is -3.12. The molecule has 0 saturated carbocycles. The van der Waals surface area contributed by atoms with Gasteiger partial charge >= 0.3 is 0 Å². The molecule has 3 aliphatic heterocycles. The summed E-state index contributed by atoms with van der Waals surface area (Å²) in [6, 6.07) is 17.5. The van der Waals surface area contributed by atoms with Gasteiger partial charge in [0, 0.05) is 13.1 Å². The summed E-state index contributed by atoms with van der Waals surface area (Å²) in [5, 5.41) is 3.02. The number of carbonyl (C=O) groups excluding carboxylic acids is 2. The van der Waals surface area contributed by atoms with E-state index in [2.05, 4.69) is 5.32 Å². The van der Waals surface area contributed by atoms with Gasteiger partial charge in [-0.3, -0.25) is 9.59 Å². The minimum absolute atomic E-state index is 0.0125. The first-order valence-electron chi connectivity index (χ1n) is 10.6. The predicted molar refractivity (Wildman–Crippen MR) is 115 cm³/mol. The van der Waals surface area contributed by atoms with E-state index in [0.717, 1.165) is 16.9 Å². The van der Waals surface area contributed by atoms with Gasteiger partial charge in [-0.2, -0.15) is 0 Å². The van der Waals surface area contributed by atoms with Crippen molar-refractivity contribution in [3.8, 4) is 5.75 Å². The van der Waals surface area contributed by atoms with Crippen LogP contribution in [0.1, 0.15) is 18.1 Å². The normalized spacial score (nSPS) is 30.5. The van der Waals surface area contributed by atoms with Gasteiger partial charge in [0.25, 0.3) is 0 Å². The van der Waals surface area contributed by atoms with Crippen LogP contribution in [-0.4, -0.2) is 41.6 Å². The van der Waals surface area contributed by atoms with Crippen LogP contribution in [0.4, 0.5) is 0 Å². The van der Waals surface area contributed by atoms with Gasteiger partial charge in [-0.05, 0) is 30.2 Å². The summed E-state index contributed by atoms with van der Waals surface area (Å²) in [4.78, 5) is 28.5. The van der Waals surface area contributed by atoms with Crippen LogP contribution < -0.4 is 10.1 Å². The highest BCUT2D eigenvalue weighted by Crippen LogP contribution is 2.57. The van der Waals surface area contributed by atoms with Gasteiger partial charge in [0.05, 0.1) is 31.1 Å². The van der Waals surface area contributed by atoms with Crippen molar-refractivity contribution in [2.45, 2.75) is 31.2 Å². The number of amides is 2. The number of hydrogen-bond donors (Lipinski definition) is 1. The fourth-order valence-corrected chi connectivity index (χ4v) is 5.23. The third-order valence-corrected chi connectivity index (χ3v) is 6.72. The van der Waals surface area contributed by atoms with Crippen LogP contribution in [0.25, 0.3) is 0 Å². The smallest absolute Gasteiger partial charge is 0.230 e. The Morgan fingerprint density at radius 2 is 1.87 bits per heavy atom. The Kier molecular flexibility index (Phi) is 4.63. The summed E-state index contributed by atoms with van der Waals surface area (Å²) in [6.45, 7) is 3.29. The van der Waals surface area contributed by atoms with Gasteiger partial charge in [0.1, 0.15) is 11.4 Å². The fraction of sp³-hybridized carbons (Fsp3) is 0.360. The number of rotatable bonds is 6. The molecule has 2 bridgehead atoms. The van der Waals surface area contributed by atoms with Crippen LogP contribution in [0.5, 0.6) is 5.75 Å². The maximum Gasteiger partial charge on any atom is 0.230 e. The third kappa shape index (κ3) is 3.22. The van der Waals surface area contributed by atoms with E-state index in [9.17, 15) is 9.59 Å². The average Bonchev–Trinajstić information content (AvgIpc) is 3.35. The zero-order chi connectivity index (χ0) is 21.6. The summed E-state index contributed by atoms with van der Waals surface area (Å²) >= 11 is 0. The summed E-state index contributed by atoms with van der Waals surface area (Å²) in [6.07, 6.45) is 3.95. The molecule has 3 heterocycles. The molecule has 0 aromatic heterocycles. The highest BCUT2D eigenvalue weighted by Gasteiger charge is 2.71. The second kappa shape index (κ2) is 7.24. The molecule has 1 spiro atoms. The predicted octanol–water partition coefficient (Wildman–Crippen LogP) is 2.68. The first-order chi connectivity index (χ1) is 14.9. The molecule has 3 aliphatic rings. The number of ether oxygens (including phenoxy) is 2. The minimum Gasteiger partial charge on any atom is -0.497 e. The van der Waals surface area contributed by atoms with Crippen molar-refractivity contribution >= 4 is 11.8 Å². The Morgan fingerprint density at radius 3 is 2.58 bits per heavy atom. The molecule has 2 amide bonds. The summed E-state index contributed by atoms with van der Waals surface area (Å²) in [7, 11) is 1.62. The lowest BCUT2D eigenvalue weighted by molar-refractivity contribution is -0.139. The van der Waals surface area contributed by atoms with Crippen molar-refractivity contribution in [3.63, 3.8) is 0 Å². The third-order valence-electron chi connectivity index (χ3n) is 6.72. The van der Waals surface area contributed by atoms with E-state index in [1.54, 1.807) is 7.11 Å². The molecule has 2 aromatic rings. The standard InChI is InChI=1S/C25H26N2O4/c1-24-12-13-25(31-24)16-27(15-18-6-4-3-5-7-18)23(29)21(25)20(24)22(28)26-14-17-8-10-19(30-2)11-9-17/h3-13,20-21H,14-16H2,1-2H3,(H,26,28)/t20-,21+,24+,25?/m1/s1. The van der Waals surface area contributed by atoms with Crippen molar-refractivity contribution in [3.05, 3.63) is 77.9 Å². The summed E-state index contributed by atoms with van der Waals surface area (Å²) in [5.41, 5.74) is 0.556. The number of carbonyl (C=O) groups is 2. The molecule has 1 unspecified atom stereocenters. The first kappa shape index (κ1) is 19.8. The Bertz CT molecular complexity index is 1040. The molecule has 160 valence electrons. The van der Waals surface area contributed by atoms with Crippen molar-refractivity contribution in [2.24, 2.45) is 11.8 Å². The molecule has 31 heavy (non-hydrogen) atoms. The van der Waals surface area contributed by atoms with E-state index >= 15 is 0 Å². The Labute approximate surface area is 181 Å². The van der Waals surface area contributed by atoms with Gasteiger partial charge in [-0.1, -0.05) is 54.6 Å². The van der Waals surface area contributed by atoms with Crippen LogP contribution in [0.3, 0.4) is 0 Å². The lowest BCUT2D eigenvalue weighted by Gasteiger charge is -2.29. The maximum atomic E-state index is 13.4. The van der Waals surface area contributed by atoms with Gasteiger partial charge in [-0.15, -0.1) is 0 Å². The molecule has 0 radical (unpaired) electrons. The second-order valence-corrected chi connectivity index (χ2v) is 8.78. The molecule has 6 heteroatoms. The topological polar surface area (TPSA) is 67.9 Å². The number of nitrogens with one attached hydrogen (secondary N) is 1. The molecule has 2 saturated heterocycles. The van der Waals surface area contributed by atoms with Gasteiger partial charge in [0.2, 0.25) is 11.8 Å². The number of hydrogen-bond acceptors (Lipinski definition) is 4. The van der Waals surface area contributed by atoms with Crippen LogP contribution >= 0.6 is 0 Å². The molecule has 5 rings (SSSR count). The number of methoxy groups -OCH3 is 1. The minimum atomic E-state index is -0.761. The average molecular weight is 418 g/mol. The SMILES string of the molecule is COc1ccc(CNC(=O)[C@H]2[C@H]3C(=O)N(Cc4ccccc4)CC34C=C[C@]2(C)O4)cc1. The van der Waals surface area contributed by atoms with Gasteiger partial charge in [-0.25, -0.2) is 0 Å². The number of fused-ring (bicyclic) bond motifs is 1. The summed E-state index contributed by atoms with van der Waals surface area (Å²) < 4.78 is 11.6. The zero-order valence-electron chi connectivity index (χ0n) is 17.7. The van der Waals surface area contributed by atoms with E-state index in [4.69, 9.17) is 9.47 Å². The molecule has 2 aromatic carbocycles. The fourth-order valence-electron chi connectivity index (χ4n) is 5.23. The molecule has 1 N–H and O–H groups in total. The van der Waals surface area contributed by atoms with Crippen molar-refractivity contribution in [1.82, 2.24) is 10.2 Å². The lowest BCUT2D eigenvalue weighted by atomic mass is 9.72. The molecule has 0 aliphatic carbocycles. The lowest BCUT2D eigenvalue weighted by Crippen LogP contribution is -2.47. The summed E-state index contributed by atoms with van der Waals surface area (Å²) in [5.74, 6) is -0.441. The molecule has 4 atom stereocenters. The zero-order valence-corrected chi connectivity index (χ0v) is 17.7. The monoisotopic (exact) mass is 418 g/mol. The largest absolute Gasteiger partial charge is 0.497 e. The van der Waals surface area contributed by atoms with E-state index in [-0.39, 0.29) is 11.8 Å². The van der Waals surface area contributed by atoms with E-state index in [1.807, 2.05) is 78.6 Å². The molecule has 6 nitrogen and oxygen atoms in total. The quantitative estimate of drug-likeness (QED) is 0.733. The van der Waals surface area contributed by atoms with Crippen molar-refractivity contribution in [2.75, 3.05) is 13.7 Å². The van der Waals surface area contributed by atoms with E-state index < -0.39 is 23.0 Å². The maximum absolute atomic E-state index is 13.4. The van der Waals surface area contributed by atoms with Crippen LogP contribution in [0.2, 0.25) is 0 Å². The van der Waals surface area contributed by atoms with Crippen LogP contribution in [-0.2, 0) is 27.4 Å².